The number of aromatic nitrogens is 4. The molecule has 0 unspecified atom stereocenters. The van der Waals surface area contributed by atoms with Gasteiger partial charge in [-0.25, -0.2) is 0 Å². The fourth-order valence-corrected chi connectivity index (χ4v) is 5.06. The third-order valence-electron chi connectivity index (χ3n) is 5.79. The standard InChI is InChI=1S/C25H25N5OS/c1-18-12-13-20(32-18)16-29(15-14-19-8-4-3-5-9-19)17-23-26-27-25-28(2)24(31)21-10-6-7-11-22(21)30(23)25/h3-13H,14-17H2,1-2H3. The highest BCUT2D eigenvalue weighted by atomic mass is 32.1. The quantitative estimate of drug-likeness (QED) is 0.378. The summed E-state index contributed by atoms with van der Waals surface area (Å²) in [6, 6.07) is 22.6. The number of para-hydroxylation sites is 1. The molecule has 5 aromatic rings. The summed E-state index contributed by atoms with van der Waals surface area (Å²) >= 11 is 1.83. The van der Waals surface area contributed by atoms with Gasteiger partial charge >= 0.3 is 0 Å². The molecule has 2 aromatic carbocycles. The third-order valence-corrected chi connectivity index (χ3v) is 6.78. The maximum absolute atomic E-state index is 12.7. The Bertz CT molecular complexity index is 1430. The summed E-state index contributed by atoms with van der Waals surface area (Å²) in [5.74, 6) is 1.41. The van der Waals surface area contributed by atoms with Crippen LogP contribution in [0.4, 0.5) is 0 Å². The maximum atomic E-state index is 12.7. The van der Waals surface area contributed by atoms with E-state index in [2.05, 4.69) is 58.4 Å². The Morgan fingerprint density at radius 1 is 0.938 bits per heavy atom. The summed E-state index contributed by atoms with van der Waals surface area (Å²) in [6.07, 6.45) is 0.959. The van der Waals surface area contributed by atoms with Crippen LogP contribution in [0.5, 0.6) is 0 Å². The van der Waals surface area contributed by atoms with E-state index in [9.17, 15) is 4.79 Å². The van der Waals surface area contributed by atoms with Crippen molar-refractivity contribution >= 4 is 28.0 Å². The summed E-state index contributed by atoms with van der Waals surface area (Å²) in [6.45, 7) is 4.54. The number of fused-ring (bicyclic) bond motifs is 3. The molecule has 0 aliphatic carbocycles. The highest BCUT2D eigenvalue weighted by Crippen LogP contribution is 2.20. The molecule has 0 bridgehead atoms. The van der Waals surface area contributed by atoms with Crippen LogP contribution in [0.1, 0.15) is 21.1 Å². The minimum absolute atomic E-state index is 0.0537. The SMILES string of the molecule is Cc1ccc(CN(CCc2ccccc2)Cc2nnc3n(C)c(=O)c4ccccc4n23)s1. The van der Waals surface area contributed by atoms with Gasteiger partial charge in [0.25, 0.3) is 5.56 Å². The average Bonchev–Trinajstić information content (AvgIpc) is 3.42. The molecule has 162 valence electrons. The largest absolute Gasteiger partial charge is 0.290 e. The van der Waals surface area contributed by atoms with E-state index >= 15 is 0 Å². The summed E-state index contributed by atoms with van der Waals surface area (Å²) in [4.78, 5) is 17.8. The minimum atomic E-state index is -0.0537. The van der Waals surface area contributed by atoms with E-state index in [1.807, 2.05) is 46.1 Å². The molecule has 0 fully saturated rings. The molecule has 0 aliphatic heterocycles. The molecule has 3 aromatic heterocycles. The number of aryl methyl sites for hydroxylation is 2. The monoisotopic (exact) mass is 443 g/mol. The van der Waals surface area contributed by atoms with E-state index in [-0.39, 0.29) is 5.56 Å². The zero-order valence-electron chi connectivity index (χ0n) is 18.2. The van der Waals surface area contributed by atoms with Crippen LogP contribution in [-0.2, 0) is 26.6 Å². The fourth-order valence-electron chi connectivity index (χ4n) is 4.13. The van der Waals surface area contributed by atoms with E-state index in [1.165, 1.54) is 15.3 Å². The van der Waals surface area contributed by atoms with E-state index < -0.39 is 0 Å². The van der Waals surface area contributed by atoms with Gasteiger partial charge in [0.05, 0.1) is 17.4 Å². The van der Waals surface area contributed by atoms with E-state index in [0.717, 1.165) is 30.9 Å². The zero-order valence-corrected chi connectivity index (χ0v) is 19.0. The summed E-state index contributed by atoms with van der Waals surface area (Å²) in [5, 5.41) is 9.54. The molecule has 0 radical (unpaired) electrons. The number of hydrogen-bond donors (Lipinski definition) is 0. The third kappa shape index (κ3) is 3.97. The van der Waals surface area contributed by atoms with Gasteiger partial charge in [0, 0.05) is 29.9 Å². The second-order valence-corrected chi connectivity index (χ2v) is 9.46. The molecule has 7 heteroatoms. The Morgan fingerprint density at radius 2 is 1.72 bits per heavy atom. The number of thiophene rings is 1. The van der Waals surface area contributed by atoms with Crippen molar-refractivity contribution in [2.45, 2.75) is 26.4 Å². The molecular formula is C25H25N5OS. The summed E-state index contributed by atoms with van der Waals surface area (Å²) in [7, 11) is 1.75. The Kier molecular flexibility index (Phi) is 5.59. The minimum Gasteiger partial charge on any atom is -0.290 e. The van der Waals surface area contributed by atoms with Crippen LogP contribution >= 0.6 is 11.3 Å². The molecule has 0 saturated carbocycles. The van der Waals surface area contributed by atoms with Crippen molar-refractivity contribution in [3.05, 3.63) is 98.2 Å². The van der Waals surface area contributed by atoms with Crippen molar-refractivity contribution in [1.82, 2.24) is 24.1 Å². The Hall–Kier alpha value is -3.29. The molecule has 3 heterocycles. The number of hydrogen-bond acceptors (Lipinski definition) is 5. The molecular weight excluding hydrogens is 418 g/mol. The molecule has 0 spiro atoms. The van der Waals surface area contributed by atoms with Crippen molar-refractivity contribution in [2.75, 3.05) is 6.54 Å². The zero-order chi connectivity index (χ0) is 22.1. The van der Waals surface area contributed by atoms with Gasteiger partial charge in [-0.2, -0.15) is 0 Å². The normalized spacial score (nSPS) is 11.7. The van der Waals surface area contributed by atoms with Crippen molar-refractivity contribution in [1.29, 1.82) is 0 Å². The van der Waals surface area contributed by atoms with Gasteiger partial charge in [-0.1, -0.05) is 42.5 Å². The molecule has 32 heavy (non-hydrogen) atoms. The predicted octanol–water partition coefficient (Wildman–Crippen LogP) is 4.20. The first-order valence-electron chi connectivity index (χ1n) is 10.7. The first-order chi connectivity index (χ1) is 15.6. The van der Waals surface area contributed by atoms with Crippen LogP contribution in [0.3, 0.4) is 0 Å². The topological polar surface area (TPSA) is 55.4 Å². The van der Waals surface area contributed by atoms with Gasteiger partial charge in [-0.05, 0) is 43.2 Å². The van der Waals surface area contributed by atoms with E-state index in [1.54, 1.807) is 11.6 Å². The van der Waals surface area contributed by atoms with E-state index in [0.29, 0.717) is 17.7 Å². The van der Waals surface area contributed by atoms with Gasteiger partial charge < -0.3 is 0 Å². The Balaban J connectivity index is 1.51. The van der Waals surface area contributed by atoms with Crippen LogP contribution in [-0.4, -0.2) is 30.6 Å². The molecule has 0 amide bonds. The first kappa shape index (κ1) is 20.6. The van der Waals surface area contributed by atoms with Crippen molar-refractivity contribution in [3.8, 4) is 0 Å². The van der Waals surface area contributed by atoms with Crippen molar-refractivity contribution < 1.29 is 0 Å². The molecule has 0 N–H and O–H groups in total. The van der Waals surface area contributed by atoms with Crippen LogP contribution in [0.15, 0.2) is 71.5 Å². The maximum Gasteiger partial charge on any atom is 0.262 e. The van der Waals surface area contributed by atoms with Gasteiger partial charge in [-0.15, -0.1) is 21.5 Å². The van der Waals surface area contributed by atoms with Gasteiger partial charge in [0.15, 0.2) is 5.82 Å². The van der Waals surface area contributed by atoms with E-state index in [4.69, 9.17) is 0 Å². The molecule has 5 rings (SSSR count). The predicted molar refractivity (Wildman–Crippen MR) is 129 cm³/mol. The number of benzene rings is 2. The number of rotatable bonds is 7. The smallest absolute Gasteiger partial charge is 0.262 e. The second-order valence-electron chi connectivity index (χ2n) is 8.09. The lowest BCUT2D eigenvalue weighted by molar-refractivity contribution is 0.255. The number of nitrogens with zero attached hydrogens (tertiary/aromatic N) is 5. The molecule has 6 nitrogen and oxygen atoms in total. The van der Waals surface area contributed by atoms with Crippen LogP contribution < -0.4 is 5.56 Å². The lowest BCUT2D eigenvalue weighted by Crippen LogP contribution is -2.27. The van der Waals surface area contributed by atoms with Crippen LogP contribution in [0.25, 0.3) is 16.7 Å². The van der Waals surface area contributed by atoms with Crippen LogP contribution in [0, 0.1) is 6.92 Å². The molecule has 0 aliphatic rings. The summed E-state index contributed by atoms with van der Waals surface area (Å²) < 4.78 is 3.60. The molecule has 0 atom stereocenters. The lowest BCUT2D eigenvalue weighted by Gasteiger charge is -2.21. The van der Waals surface area contributed by atoms with Crippen molar-refractivity contribution in [3.63, 3.8) is 0 Å². The van der Waals surface area contributed by atoms with Crippen LogP contribution in [0.2, 0.25) is 0 Å². The molecule has 0 saturated heterocycles. The summed E-state index contributed by atoms with van der Waals surface area (Å²) in [5.41, 5.74) is 2.11. The Labute approximate surface area is 190 Å². The average molecular weight is 444 g/mol. The van der Waals surface area contributed by atoms with Gasteiger partial charge in [0.2, 0.25) is 5.78 Å². The second kappa shape index (κ2) is 8.68. The van der Waals surface area contributed by atoms with Crippen molar-refractivity contribution in [2.24, 2.45) is 7.05 Å². The lowest BCUT2D eigenvalue weighted by atomic mass is 10.1. The van der Waals surface area contributed by atoms with Gasteiger partial charge in [-0.3, -0.25) is 18.7 Å². The highest BCUT2D eigenvalue weighted by Gasteiger charge is 2.17. The Morgan fingerprint density at radius 3 is 2.50 bits per heavy atom. The van der Waals surface area contributed by atoms with Gasteiger partial charge in [0.1, 0.15) is 0 Å². The first-order valence-corrected chi connectivity index (χ1v) is 11.5. The fraction of sp³-hybridized carbons (Fsp3) is 0.240. The highest BCUT2D eigenvalue weighted by molar-refractivity contribution is 7.11.